The van der Waals surface area contributed by atoms with E-state index in [4.69, 9.17) is 10.00 Å². The fourth-order valence-electron chi connectivity index (χ4n) is 3.61. The second-order valence-corrected chi connectivity index (χ2v) is 8.22. The Kier molecular flexibility index (Phi) is 5.96. The number of amides is 1. The molecule has 1 aliphatic carbocycles. The molecule has 152 valence electrons. The van der Waals surface area contributed by atoms with Crippen LogP contribution >= 0.6 is 11.3 Å². The first kappa shape index (κ1) is 19.9. The number of aromatic nitrogens is 1. The maximum absolute atomic E-state index is 12.9. The van der Waals surface area contributed by atoms with Crippen molar-refractivity contribution in [2.45, 2.75) is 32.1 Å². The van der Waals surface area contributed by atoms with Gasteiger partial charge in [-0.1, -0.05) is 12.1 Å². The molecule has 0 saturated carbocycles. The summed E-state index contributed by atoms with van der Waals surface area (Å²) in [5.74, 6) is -0.861. The van der Waals surface area contributed by atoms with E-state index in [1.807, 2.05) is 29.1 Å². The van der Waals surface area contributed by atoms with E-state index >= 15 is 0 Å². The van der Waals surface area contributed by atoms with Crippen molar-refractivity contribution < 1.29 is 14.3 Å². The summed E-state index contributed by atoms with van der Waals surface area (Å²) in [6.07, 6.45) is 8.16. The van der Waals surface area contributed by atoms with E-state index in [1.54, 1.807) is 35.6 Å². The molecule has 1 amide bonds. The number of nitrogens with zero attached hydrogens (tertiary/aromatic N) is 2. The largest absolute Gasteiger partial charge is 0.452 e. The van der Waals surface area contributed by atoms with E-state index in [-0.39, 0.29) is 6.61 Å². The summed E-state index contributed by atoms with van der Waals surface area (Å²) in [4.78, 5) is 26.4. The summed E-state index contributed by atoms with van der Waals surface area (Å²) in [7, 11) is 0. The van der Waals surface area contributed by atoms with Gasteiger partial charge in [0.05, 0.1) is 18.1 Å². The van der Waals surface area contributed by atoms with Crippen LogP contribution in [0.25, 0.3) is 5.00 Å². The molecule has 4 rings (SSSR count). The van der Waals surface area contributed by atoms with Gasteiger partial charge in [0.1, 0.15) is 5.00 Å². The summed E-state index contributed by atoms with van der Waals surface area (Å²) in [6, 6.07) is 12.9. The van der Waals surface area contributed by atoms with E-state index in [9.17, 15) is 9.59 Å². The zero-order valence-electron chi connectivity index (χ0n) is 16.4. The summed E-state index contributed by atoms with van der Waals surface area (Å²) in [5, 5.41) is 12.3. The normalized spacial score (nSPS) is 12.6. The zero-order valence-corrected chi connectivity index (χ0v) is 17.2. The van der Waals surface area contributed by atoms with Crippen LogP contribution in [0.5, 0.6) is 0 Å². The van der Waals surface area contributed by atoms with Crippen molar-refractivity contribution >= 4 is 28.9 Å². The standard InChI is InChI=1S/C23H21N3O3S/c24-12-11-16-7-9-17(10-8-16)25-20(27)15-29-23(28)21-18-5-1-2-6-19(18)30-22(21)26-13-3-4-14-26/h3-4,7-10,13-14H,1-2,5-6,11,15H2,(H,25,27). The second kappa shape index (κ2) is 8.97. The number of rotatable bonds is 6. The van der Waals surface area contributed by atoms with E-state index in [1.165, 1.54) is 4.88 Å². The van der Waals surface area contributed by atoms with Crippen molar-refractivity contribution in [2.75, 3.05) is 11.9 Å². The van der Waals surface area contributed by atoms with E-state index in [2.05, 4.69) is 11.4 Å². The minimum atomic E-state index is -0.461. The summed E-state index contributed by atoms with van der Waals surface area (Å²) in [5.41, 5.74) is 3.12. The number of thiophene rings is 1. The average molecular weight is 420 g/mol. The molecule has 0 aliphatic heterocycles. The number of nitrogens with one attached hydrogen (secondary N) is 1. The fourth-order valence-corrected chi connectivity index (χ4v) is 4.95. The van der Waals surface area contributed by atoms with Gasteiger partial charge in [-0.25, -0.2) is 4.79 Å². The first-order valence-corrected chi connectivity index (χ1v) is 10.7. The highest BCUT2D eigenvalue weighted by molar-refractivity contribution is 7.15. The molecule has 0 spiro atoms. The lowest BCUT2D eigenvalue weighted by molar-refractivity contribution is -0.119. The van der Waals surface area contributed by atoms with E-state index < -0.39 is 11.9 Å². The SMILES string of the molecule is N#CCc1ccc(NC(=O)COC(=O)c2c(-n3cccc3)sc3c2CCCC3)cc1. The van der Waals surface area contributed by atoms with Crippen molar-refractivity contribution in [1.82, 2.24) is 4.57 Å². The van der Waals surface area contributed by atoms with Gasteiger partial charge in [0.15, 0.2) is 6.61 Å². The Morgan fingerprint density at radius 2 is 1.87 bits per heavy atom. The van der Waals surface area contributed by atoms with Crippen LogP contribution in [0.1, 0.15) is 39.2 Å². The van der Waals surface area contributed by atoms with Crippen LogP contribution in [0.4, 0.5) is 5.69 Å². The Bertz CT molecular complexity index is 1090. The highest BCUT2D eigenvalue weighted by Gasteiger charge is 2.27. The number of hydrogen-bond acceptors (Lipinski definition) is 5. The molecule has 0 atom stereocenters. The minimum Gasteiger partial charge on any atom is -0.452 e. The van der Waals surface area contributed by atoms with Gasteiger partial charge in [-0.15, -0.1) is 11.3 Å². The van der Waals surface area contributed by atoms with Gasteiger partial charge in [0.25, 0.3) is 5.91 Å². The average Bonchev–Trinajstić information content (AvgIpc) is 3.41. The number of carbonyl (C=O) groups excluding carboxylic acids is 2. The van der Waals surface area contributed by atoms with Crippen molar-refractivity contribution in [1.29, 1.82) is 5.26 Å². The van der Waals surface area contributed by atoms with Crippen molar-refractivity contribution in [3.63, 3.8) is 0 Å². The molecule has 0 unspecified atom stereocenters. The topological polar surface area (TPSA) is 84.1 Å². The van der Waals surface area contributed by atoms with E-state index in [0.29, 0.717) is 17.7 Å². The number of ether oxygens (including phenoxy) is 1. The number of esters is 1. The fraction of sp³-hybridized carbons (Fsp3) is 0.261. The summed E-state index contributed by atoms with van der Waals surface area (Å²) in [6.45, 7) is -0.353. The number of fused-ring (bicyclic) bond motifs is 1. The molecule has 2 aromatic heterocycles. The zero-order chi connectivity index (χ0) is 20.9. The third-order valence-corrected chi connectivity index (χ3v) is 6.36. The molecule has 1 N–H and O–H groups in total. The molecule has 6 nitrogen and oxygen atoms in total. The molecule has 0 bridgehead atoms. The van der Waals surface area contributed by atoms with Gasteiger partial charge >= 0.3 is 5.97 Å². The number of hydrogen-bond donors (Lipinski definition) is 1. The first-order chi connectivity index (χ1) is 14.7. The lowest BCUT2D eigenvalue weighted by atomic mass is 9.95. The highest BCUT2D eigenvalue weighted by Crippen LogP contribution is 2.37. The molecular formula is C23H21N3O3S. The Morgan fingerprint density at radius 3 is 2.60 bits per heavy atom. The number of nitriles is 1. The van der Waals surface area contributed by atoms with Crippen LogP contribution < -0.4 is 5.32 Å². The predicted octanol–water partition coefficient (Wildman–Crippen LogP) is 4.28. The number of anilines is 1. The molecule has 1 aromatic carbocycles. The smallest absolute Gasteiger partial charge is 0.341 e. The molecule has 1 aliphatic rings. The molecule has 2 heterocycles. The maximum atomic E-state index is 12.9. The minimum absolute atomic E-state index is 0.320. The third-order valence-electron chi connectivity index (χ3n) is 5.05. The van der Waals surface area contributed by atoms with Gasteiger partial charge in [-0.2, -0.15) is 5.26 Å². The van der Waals surface area contributed by atoms with Crippen LogP contribution in [-0.4, -0.2) is 23.1 Å². The van der Waals surface area contributed by atoms with Crippen LogP contribution in [0.15, 0.2) is 48.8 Å². The van der Waals surface area contributed by atoms with E-state index in [0.717, 1.165) is 41.8 Å². The lowest BCUT2D eigenvalue weighted by Gasteiger charge is -2.13. The number of carbonyl (C=O) groups is 2. The Balaban J connectivity index is 1.44. The van der Waals surface area contributed by atoms with Gasteiger partial charge in [-0.3, -0.25) is 4.79 Å². The Morgan fingerprint density at radius 1 is 1.13 bits per heavy atom. The molecule has 3 aromatic rings. The van der Waals surface area contributed by atoms with Crippen molar-refractivity contribution in [3.8, 4) is 11.1 Å². The maximum Gasteiger partial charge on any atom is 0.341 e. The van der Waals surface area contributed by atoms with Crippen LogP contribution in [0, 0.1) is 11.3 Å². The predicted molar refractivity (Wildman–Crippen MR) is 115 cm³/mol. The van der Waals surface area contributed by atoms with Gasteiger partial charge in [0, 0.05) is 23.0 Å². The second-order valence-electron chi connectivity index (χ2n) is 7.14. The summed E-state index contributed by atoms with van der Waals surface area (Å²) >= 11 is 1.63. The Hall–Kier alpha value is -3.37. The summed E-state index contributed by atoms with van der Waals surface area (Å²) < 4.78 is 7.32. The quantitative estimate of drug-likeness (QED) is 0.605. The monoisotopic (exact) mass is 419 g/mol. The van der Waals surface area contributed by atoms with Crippen molar-refractivity contribution in [3.05, 3.63) is 70.4 Å². The first-order valence-electron chi connectivity index (χ1n) is 9.86. The number of benzene rings is 1. The van der Waals surface area contributed by atoms with Crippen LogP contribution in [0.2, 0.25) is 0 Å². The van der Waals surface area contributed by atoms with Gasteiger partial charge in [-0.05, 0) is 61.1 Å². The Labute approximate surface area is 178 Å². The molecule has 0 saturated heterocycles. The van der Waals surface area contributed by atoms with Gasteiger partial charge in [0.2, 0.25) is 0 Å². The molecule has 7 heteroatoms. The van der Waals surface area contributed by atoms with Crippen LogP contribution in [0.3, 0.4) is 0 Å². The van der Waals surface area contributed by atoms with Crippen molar-refractivity contribution in [2.24, 2.45) is 0 Å². The molecule has 0 fully saturated rings. The lowest BCUT2D eigenvalue weighted by Crippen LogP contribution is -2.22. The third kappa shape index (κ3) is 4.29. The number of aryl methyl sites for hydroxylation is 1. The molecule has 30 heavy (non-hydrogen) atoms. The molecule has 0 radical (unpaired) electrons. The molecular weight excluding hydrogens is 398 g/mol. The van der Waals surface area contributed by atoms with Gasteiger partial charge < -0.3 is 14.6 Å². The van der Waals surface area contributed by atoms with Crippen LogP contribution in [-0.2, 0) is 28.8 Å². The highest BCUT2D eigenvalue weighted by atomic mass is 32.1.